The predicted molar refractivity (Wildman–Crippen MR) is 150 cm³/mol. The Kier molecular flexibility index (Phi) is 8.33. The Hall–Kier alpha value is -4.34. The Morgan fingerprint density at radius 1 is 0.450 bits per heavy atom. The fourth-order valence-corrected chi connectivity index (χ4v) is 4.35. The average Bonchev–Trinajstić information content (AvgIpc) is 2.84. The second-order valence-corrected chi connectivity index (χ2v) is 9.65. The minimum Gasteiger partial charge on any atom is -0.399 e. The fourth-order valence-electron chi connectivity index (χ4n) is 4.35. The van der Waals surface area contributed by atoms with Crippen LogP contribution >= 0.6 is 0 Å². The molecule has 0 atom stereocenters. The quantitative estimate of drug-likeness (QED) is 0.146. The summed E-state index contributed by atoms with van der Waals surface area (Å²) in [6.07, 6.45) is -9.68. The number of aryl methyl sites for hydroxylation is 4. The molecule has 40 heavy (non-hydrogen) atoms. The van der Waals surface area contributed by atoms with Crippen molar-refractivity contribution < 1.29 is 26.3 Å². The molecule has 0 saturated carbocycles. The van der Waals surface area contributed by atoms with Gasteiger partial charge in [-0.3, -0.25) is 0 Å². The van der Waals surface area contributed by atoms with Gasteiger partial charge < -0.3 is 22.9 Å². The zero-order valence-electron chi connectivity index (χ0n) is 22.4. The molecule has 0 fully saturated rings. The van der Waals surface area contributed by atoms with Crippen molar-refractivity contribution >= 4 is 22.7 Å². The maximum atomic E-state index is 13.1. The van der Waals surface area contributed by atoms with E-state index in [2.05, 4.69) is 24.3 Å². The van der Waals surface area contributed by atoms with Crippen molar-refractivity contribution in [3.8, 4) is 22.3 Å². The molecule has 0 aliphatic heterocycles. The molecule has 4 nitrogen and oxygen atoms in total. The van der Waals surface area contributed by atoms with Crippen molar-refractivity contribution in [3.63, 3.8) is 0 Å². The highest BCUT2D eigenvalue weighted by Gasteiger charge is 2.38. The molecular weight excluding hydrogens is 530 g/mol. The highest BCUT2D eigenvalue weighted by Crippen LogP contribution is 2.43. The summed E-state index contributed by atoms with van der Waals surface area (Å²) in [7, 11) is 0. The van der Waals surface area contributed by atoms with Crippen LogP contribution in [0.5, 0.6) is 0 Å². The topological polar surface area (TPSA) is 104 Å². The zero-order chi connectivity index (χ0) is 30.2. The van der Waals surface area contributed by atoms with Gasteiger partial charge in [0, 0.05) is 22.7 Å². The predicted octanol–water partition coefficient (Wildman–Crippen LogP) is 8.31. The third kappa shape index (κ3) is 6.62. The van der Waals surface area contributed by atoms with Crippen LogP contribution in [0.3, 0.4) is 0 Å². The van der Waals surface area contributed by atoms with E-state index in [1.54, 1.807) is 0 Å². The number of alkyl halides is 6. The molecule has 10 heteroatoms. The van der Waals surface area contributed by atoms with E-state index >= 15 is 0 Å². The van der Waals surface area contributed by atoms with E-state index in [4.69, 9.17) is 22.9 Å². The summed E-state index contributed by atoms with van der Waals surface area (Å²) >= 11 is 0. The first kappa shape index (κ1) is 30.2. The van der Waals surface area contributed by atoms with Crippen LogP contribution < -0.4 is 22.9 Å². The van der Waals surface area contributed by atoms with Crippen LogP contribution in [-0.2, 0) is 12.4 Å². The first-order chi connectivity index (χ1) is 18.4. The van der Waals surface area contributed by atoms with Crippen LogP contribution in [-0.4, -0.2) is 0 Å². The highest BCUT2D eigenvalue weighted by atomic mass is 19.4. The zero-order valence-corrected chi connectivity index (χ0v) is 22.4. The maximum absolute atomic E-state index is 13.1. The van der Waals surface area contributed by atoms with Crippen molar-refractivity contribution in [3.05, 3.63) is 94.0 Å². The number of nitrogen functional groups attached to an aromatic ring is 4. The van der Waals surface area contributed by atoms with E-state index < -0.39 is 34.6 Å². The van der Waals surface area contributed by atoms with Gasteiger partial charge in [-0.05, 0) is 121 Å². The van der Waals surface area contributed by atoms with Crippen LogP contribution in [0.4, 0.5) is 49.1 Å². The molecule has 8 N–H and O–H groups in total. The van der Waals surface area contributed by atoms with Gasteiger partial charge in [0.25, 0.3) is 0 Å². The molecule has 0 unspecified atom stereocenters. The van der Waals surface area contributed by atoms with Crippen LogP contribution in [0.25, 0.3) is 22.3 Å². The Bertz CT molecular complexity index is 1390. The molecule has 4 rings (SSSR count). The lowest BCUT2D eigenvalue weighted by Crippen LogP contribution is -2.12. The van der Waals surface area contributed by atoms with Crippen molar-refractivity contribution in [1.29, 1.82) is 0 Å². The number of nitrogens with two attached hydrogens (primary N) is 4. The SMILES string of the molecule is Cc1cc(-c2cc(C)c(N)c(C)c2)cc(C)c1N.Nc1ccc(-c2ccc(N)cc2C(F)(F)F)c(C(F)(F)F)c1. The lowest BCUT2D eigenvalue weighted by atomic mass is 9.94. The van der Waals surface area contributed by atoms with E-state index in [9.17, 15) is 26.3 Å². The number of hydrogen-bond acceptors (Lipinski definition) is 4. The lowest BCUT2D eigenvalue weighted by Gasteiger charge is -2.18. The van der Waals surface area contributed by atoms with Gasteiger partial charge in [0.2, 0.25) is 0 Å². The molecule has 4 aromatic rings. The fraction of sp³-hybridized carbons (Fsp3) is 0.200. The summed E-state index contributed by atoms with van der Waals surface area (Å²) in [6, 6.07) is 13.8. The molecule has 0 aromatic heterocycles. The van der Waals surface area contributed by atoms with Gasteiger partial charge in [0.1, 0.15) is 0 Å². The molecule has 0 bridgehead atoms. The van der Waals surface area contributed by atoms with Gasteiger partial charge in [-0.25, -0.2) is 0 Å². The molecule has 4 aromatic carbocycles. The Labute approximate surface area is 228 Å². The van der Waals surface area contributed by atoms with Crippen molar-refractivity contribution in [1.82, 2.24) is 0 Å². The molecular formula is C30H30F6N4. The molecule has 0 aliphatic carbocycles. The van der Waals surface area contributed by atoms with Gasteiger partial charge in [-0.1, -0.05) is 12.1 Å². The van der Waals surface area contributed by atoms with Crippen LogP contribution in [0, 0.1) is 27.7 Å². The number of benzene rings is 4. The first-order valence-corrected chi connectivity index (χ1v) is 12.1. The lowest BCUT2D eigenvalue weighted by molar-refractivity contribution is -0.139. The van der Waals surface area contributed by atoms with Crippen molar-refractivity contribution in [2.24, 2.45) is 0 Å². The second-order valence-electron chi connectivity index (χ2n) is 9.65. The monoisotopic (exact) mass is 560 g/mol. The molecule has 0 radical (unpaired) electrons. The molecule has 0 amide bonds. The number of anilines is 4. The summed E-state index contributed by atoms with van der Waals surface area (Å²) in [4.78, 5) is 0. The first-order valence-electron chi connectivity index (χ1n) is 12.1. The maximum Gasteiger partial charge on any atom is 0.417 e. The Morgan fingerprint density at radius 3 is 0.975 bits per heavy atom. The van der Waals surface area contributed by atoms with Crippen LogP contribution in [0.15, 0.2) is 60.7 Å². The smallest absolute Gasteiger partial charge is 0.399 e. The molecule has 0 spiro atoms. The van der Waals surface area contributed by atoms with E-state index in [1.165, 1.54) is 11.1 Å². The van der Waals surface area contributed by atoms with Gasteiger partial charge in [-0.15, -0.1) is 0 Å². The van der Waals surface area contributed by atoms with Crippen LogP contribution in [0.2, 0.25) is 0 Å². The largest absolute Gasteiger partial charge is 0.417 e. The third-order valence-corrected chi connectivity index (χ3v) is 6.51. The summed E-state index contributed by atoms with van der Waals surface area (Å²) in [5, 5.41) is 0. The molecule has 0 heterocycles. The normalized spacial score (nSPS) is 11.7. The number of rotatable bonds is 2. The average molecular weight is 561 g/mol. The second kappa shape index (κ2) is 11.0. The molecule has 212 valence electrons. The summed E-state index contributed by atoms with van der Waals surface area (Å²) in [5.41, 5.74) is 27.2. The van der Waals surface area contributed by atoms with E-state index in [-0.39, 0.29) is 11.4 Å². The summed E-state index contributed by atoms with van der Waals surface area (Å²) < 4.78 is 78.4. The van der Waals surface area contributed by atoms with Crippen LogP contribution in [0.1, 0.15) is 33.4 Å². The van der Waals surface area contributed by atoms with E-state index in [0.29, 0.717) is 12.1 Å². The minimum atomic E-state index is -4.84. The summed E-state index contributed by atoms with van der Waals surface area (Å²) in [5.74, 6) is 0. The third-order valence-electron chi connectivity index (χ3n) is 6.51. The minimum absolute atomic E-state index is 0.194. The molecule has 0 saturated heterocycles. The van der Waals surface area contributed by atoms with Crippen molar-refractivity contribution in [2.45, 2.75) is 40.0 Å². The van der Waals surface area contributed by atoms with E-state index in [1.807, 2.05) is 27.7 Å². The standard InChI is InChI=1S/C16H20N2.C14H10F6N2/c1-9-5-13(6-10(2)15(9)17)14-7-11(3)16(18)12(4)8-14;15-13(16,17)11-5-7(21)1-3-9(11)10-4-2-8(22)6-12(10)14(18,19)20/h5-8H,17-18H2,1-4H3;1-6H,21-22H2. The Morgan fingerprint density at radius 2 is 0.725 bits per heavy atom. The van der Waals surface area contributed by atoms with Crippen molar-refractivity contribution in [2.75, 3.05) is 22.9 Å². The van der Waals surface area contributed by atoms with E-state index in [0.717, 1.165) is 57.9 Å². The highest BCUT2D eigenvalue weighted by molar-refractivity contribution is 5.76. The number of halogens is 6. The Balaban J connectivity index is 0.000000225. The number of hydrogen-bond donors (Lipinski definition) is 4. The molecule has 0 aliphatic rings. The van der Waals surface area contributed by atoms with Gasteiger partial charge in [-0.2, -0.15) is 26.3 Å². The van der Waals surface area contributed by atoms with Gasteiger partial charge >= 0.3 is 12.4 Å². The van der Waals surface area contributed by atoms with Gasteiger partial charge in [0.05, 0.1) is 11.1 Å². The summed E-state index contributed by atoms with van der Waals surface area (Å²) in [6.45, 7) is 8.18. The van der Waals surface area contributed by atoms with Gasteiger partial charge in [0.15, 0.2) is 0 Å².